The number of hydrogen-bond acceptors (Lipinski definition) is 2. The number of hydrogen-bond donors (Lipinski definition) is 1. The van der Waals surface area contributed by atoms with E-state index in [0.717, 1.165) is 6.42 Å². The molecule has 0 amide bonds. The topological polar surface area (TPSA) is 64.2 Å². The molecule has 5 heteroatoms. The predicted octanol–water partition coefficient (Wildman–Crippen LogP) is 1.93. The molecule has 0 aliphatic rings. The van der Waals surface area contributed by atoms with Crippen molar-refractivity contribution in [3.05, 3.63) is 58.8 Å². The van der Waals surface area contributed by atoms with Crippen LogP contribution in [0.25, 0.3) is 0 Å². The van der Waals surface area contributed by atoms with E-state index in [4.69, 9.17) is 0 Å². The van der Waals surface area contributed by atoms with Gasteiger partial charge in [-0.3, -0.25) is 13.9 Å². The Morgan fingerprint density at radius 3 is 2.45 bits per heavy atom. The Morgan fingerprint density at radius 2 is 1.85 bits per heavy atom. The Morgan fingerprint density at radius 1 is 1.20 bits per heavy atom. The summed E-state index contributed by atoms with van der Waals surface area (Å²) < 4.78 is 3.06. The molecule has 0 radical (unpaired) electrons. The van der Waals surface area contributed by atoms with Gasteiger partial charge in [-0.1, -0.05) is 37.3 Å². The zero-order chi connectivity index (χ0) is 14.5. The summed E-state index contributed by atoms with van der Waals surface area (Å²) in [5.41, 5.74) is 0.546. The summed E-state index contributed by atoms with van der Waals surface area (Å²) in [7, 11) is 0. The van der Waals surface area contributed by atoms with E-state index in [1.807, 2.05) is 13.0 Å². The first-order chi connectivity index (χ1) is 9.63. The lowest BCUT2D eigenvalue weighted by atomic mass is 9.99. The van der Waals surface area contributed by atoms with Crippen molar-refractivity contribution >= 4 is 5.97 Å². The van der Waals surface area contributed by atoms with E-state index in [1.54, 1.807) is 41.2 Å². The lowest BCUT2D eigenvalue weighted by Gasteiger charge is -2.12. The zero-order valence-corrected chi connectivity index (χ0v) is 11.4. The molecule has 0 saturated heterocycles. The summed E-state index contributed by atoms with van der Waals surface area (Å²) in [5, 5.41) is 9.37. The van der Waals surface area contributed by atoms with Crippen LogP contribution in [0, 0.1) is 0 Å². The first-order valence-electron chi connectivity index (χ1n) is 6.66. The minimum Gasteiger partial charge on any atom is -0.481 e. The summed E-state index contributed by atoms with van der Waals surface area (Å²) in [6, 6.07) is 8.98. The number of imidazole rings is 1. The smallest absolute Gasteiger partial charge is 0.328 e. The molecule has 1 N–H and O–H groups in total. The molecule has 20 heavy (non-hydrogen) atoms. The minimum atomic E-state index is -0.925. The Hall–Kier alpha value is -2.30. The molecule has 0 fully saturated rings. The number of carboxylic acid groups (broad SMARTS) is 1. The average Bonchev–Trinajstić information content (AvgIpc) is 2.78. The second kappa shape index (κ2) is 6.23. The Labute approximate surface area is 117 Å². The van der Waals surface area contributed by atoms with Gasteiger partial charge in [0.1, 0.15) is 0 Å². The highest BCUT2D eigenvalue weighted by atomic mass is 16.4. The second-order valence-corrected chi connectivity index (χ2v) is 4.73. The first kappa shape index (κ1) is 14.1. The Bertz CT molecular complexity index is 628. The maximum atomic E-state index is 12.1. The lowest BCUT2D eigenvalue weighted by molar-refractivity contribution is -0.139. The number of benzene rings is 1. The van der Waals surface area contributed by atoms with Crippen molar-refractivity contribution in [2.75, 3.05) is 0 Å². The zero-order valence-electron chi connectivity index (χ0n) is 11.4. The van der Waals surface area contributed by atoms with Crippen molar-refractivity contribution in [2.24, 2.45) is 0 Å². The van der Waals surface area contributed by atoms with Crippen LogP contribution in [0.4, 0.5) is 0 Å². The molecule has 1 aromatic heterocycles. The van der Waals surface area contributed by atoms with Gasteiger partial charge in [0, 0.05) is 25.5 Å². The molecular weight excluding hydrogens is 256 g/mol. The van der Waals surface area contributed by atoms with Gasteiger partial charge in [-0.15, -0.1) is 0 Å². The number of aliphatic carboxylic acids is 1. The summed E-state index contributed by atoms with van der Waals surface area (Å²) in [5.74, 6) is -1.64. The maximum Gasteiger partial charge on any atom is 0.328 e. The van der Waals surface area contributed by atoms with Crippen LogP contribution < -0.4 is 5.69 Å². The number of aryl methyl sites for hydroxylation is 1. The molecule has 0 saturated carbocycles. The number of carbonyl (C=O) groups is 1. The van der Waals surface area contributed by atoms with Crippen molar-refractivity contribution in [2.45, 2.75) is 32.4 Å². The van der Waals surface area contributed by atoms with Gasteiger partial charge in [0.05, 0.1) is 5.92 Å². The van der Waals surface area contributed by atoms with Gasteiger partial charge in [-0.2, -0.15) is 0 Å². The largest absolute Gasteiger partial charge is 0.481 e. The van der Waals surface area contributed by atoms with Gasteiger partial charge in [0.2, 0.25) is 0 Å². The van der Waals surface area contributed by atoms with Crippen LogP contribution in [0.5, 0.6) is 0 Å². The third-order valence-electron chi connectivity index (χ3n) is 3.26. The highest BCUT2D eigenvalue weighted by Crippen LogP contribution is 2.17. The van der Waals surface area contributed by atoms with E-state index in [0.29, 0.717) is 12.1 Å². The van der Waals surface area contributed by atoms with Crippen LogP contribution in [0.2, 0.25) is 0 Å². The summed E-state index contributed by atoms with van der Waals surface area (Å²) in [4.78, 5) is 23.5. The standard InChI is InChI=1S/C15H18N2O3/c1-2-8-16-9-10-17(15(16)20)11-13(14(18)19)12-6-4-3-5-7-12/h3-7,9-10,13H,2,8,11H2,1H3,(H,18,19). The van der Waals surface area contributed by atoms with Gasteiger partial charge in [-0.25, -0.2) is 4.79 Å². The van der Waals surface area contributed by atoms with Crippen molar-refractivity contribution in [3.63, 3.8) is 0 Å². The second-order valence-electron chi connectivity index (χ2n) is 4.73. The SMILES string of the molecule is CCCn1ccn(CC(C(=O)O)c2ccccc2)c1=O. The highest BCUT2D eigenvalue weighted by molar-refractivity contribution is 5.75. The van der Waals surface area contributed by atoms with Crippen molar-refractivity contribution < 1.29 is 9.90 Å². The van der Waals surface area contributed by atoms with Gasteiger partial charge in [-0.05, 0) is 12.0 Å². The maximum absolute atomic E-state index is 12.1. The third-order valence-corrected chi connectivity index (χ3v) is 3.26. The molecule has 1 heterocycles. The first-order valence-corrected chi connectivity index (χ1v) is 6.66. The summed E-state index contributed by atoms with van der Waals surface area (Å²) in [6.07, 6.45) is 4.22. The molecule has 1 unspecified atom stereocenters. The van der Waals surface area contributed by atoms with Crippen LogP contribution >= 0.6 is 0 Å². The number of carboxylic acids is 1. The Kier molecular flexibility index (Phi) is 4.40. The molecule has 0 bridgehead atoms. The molecule has 2 aromatic rings. The highest BCUT2D eigenvalue weighted by Gasteiger charge is 2.21. The van der Waals surface area contributed by atoms with Gasteiger partial charge in [0.15, 0.2) is 0 Å². The van der Waals surface area contributed by atoms with E-state index in [2.05, 4.69) is 0 Å². The third kappa shape index (κ3) is 2.99. The molecule has 5 nitrogen and oxygen atoms in total. The summed E-state index contributed by atoms with van der Waals surface area (Å²) >= 11 is 0. The van der Waals surface area contributed by atoms with Crippen LogP contribution in [-0.4, -0.2) is 20.2 Å². The molecule has 0 aliphatic carbocycles. The van der Waals surface area contributed by atoms with Crippen molar-refractivity contribution in [1.82, 2.24) is 9.13 Å². The van der Waals surface area contributed by atoms with Crippen molar-refractivity contribution in [3.8, 4) is 0 Å². The van der Waals surface area contributed by atoms with E-state index in [1.165, 1.54) is 4.57 Å². The lowest BCUT2D eigenvalue weighted by Crippen LogP contribution is -2.28. The van der Waals surface area contributed by atoms with E-state index >= 15 is 0 Å². The van der Waals surface area contributed by atoms with Crippen LogP contribution in [0.15, 0.2) is 47.5 Å². The number of rotatable bonds is 6. The normalized spacial score (nSPS) is 12.2. The molecule has 1 aromatic carbocycles. The molecule has 0 aliphatic heterocycles. The van der Waals surface area contributed by atoms with Crippen LogP contribution in [0.3, 0.4) is 0 Å². The van der Waals surface area contributed by atoms with E-state index in [-0.39, 0.29) is 12.2 Å². The molecular formula is C15H18N2O3. The van der Waals surface area contributed by atoms with E-state index in [9.17, 15) is 14.7 Å². The molecule has 0 spiro atoms. The number of nitrogens with zero attached hydrogens (tertiary/aromatic N) is 2. The number of aromatic nitrogens is 2. The fourth-order valence-electron chi connectivity index (χ4n) is 2.21. The fourth-order valence-corrected chi connectivity index (χ4v) is 2.21. The van der Waals surface area contributed by atoms with Gasteiger partial charge < -0.3 is 5.11 Å². The monoisotopic (exact) mass is 274 g/mol. The fraction of sp³-hybridized carbons (Fsp3) is 0.333. The van der Waals surface area contributed by atoms with Crippen molar-refractivity contribution in [1.29, 1.82) is 0 Å². The molecule has 2 rings (SSSR count). The minimum absolute atomic E-state index is 0.148. The Balaban J connectivity index is 2.26. The van der Waals surface area contributed by atoms with Gasteiger partial charge >= 0.3 is 11.7 Å². The van der Waals surface area contributed by atoms with Gasteiger partial charge in [0.25, 0.3) is 0 Å². The quantitative estimate of drug-likeness (QED) is 0.875. The molecule has 1 atom stereocenters. The predicted molar refractivity (Wildman–Crippen MR) is 75.8 cm³/mol. The van der Waals surface area contributed by atoms with Crippen LogP contribution in [0.1, 0.15) is 24.8 Å². The summed E-state index contributed by atoms with van der Waals surface area (Å²) in [6.45, 7) is 2.79. The molecule has 106 valence electrons. The average molecular weight is 274 g/mol. The van der Waals surface area contributed by atoms with Crippen LogP contribution in [-0.2, 0) is 17.9 Å². The van der Waals surface area contributed by atoms with E-state index < -0.39 is 11.9 Å².